The molecule has 2 fully saturated rings. The summed E-state index contributed by atoms with van der Waals surface area (Å²) in [6, 6.07) is 0.157. The van der Waals surface area contributed by atoms with Crippen molar-refractivity contribution in [3.63, 3.8) is 0 Å². The summed E-state index contributed by atoms with van der Waals surface area (Å²) in [5, 5.41) is 7.70. The van der Waals surface area contributed by atoms with Gasteiger partial charge in [-0.3, -0.25) is 4.79 Å². The molecule has 23 heavy (non-hydrogen) atoms. The number of carbonyl (C=O) groups excluding carboxylic acids is 1. The van der Waals surface area contributed by atoms with E-state index in [2.05, 4.69) is 22.5 Å². The molecule has 1 aromatic heterocycles. The second-order valence-electron chi connectivity index (χ2n) is 6.42. The van der Waals surface area contributed by atoms with E-state index in [1.807, 2.05) is 6.20 Å². The average molecular weight is 380 g/mol. The van der Waals surface area contributed by atoms with Crippen molar-refractivity contribution in [3.05, 3.63) is 16.1 Å². The predicted octanol–water partition coefficient (Wildman–Crippen LogP) is 3.64. The largest absolute Gasteiger partial charge is 0.347 e. The Labute approximate surface area is 155 Å². The van der Waals surface area contributed by atoms with Gasteiger partial charge in [-0.05, 0) is 64.0 Å². The number of carbonyl (C=O) groups is 1. The first-order chi connectivity index (χ1) is 10.2. The number of aromatic nitrogens is 1. The molecule has 3 rings (SSSR count). The second kappa shape index (κ2) is 9.82. The van der Waals surface area contributed by atoms with Crippen molar-refractivity contribution in [2.24, 2.45) is 11.8 Å². The Kier molecular flexibility index (Phi) is 8.83. The van der Waals surface area contributed by atoms with Crippen molar-refractivity contribution in [1.29, 1.82) is 0 Å². The Morgan fingerprint density at radius 3 is 2.61 bits per heavy atom. The monoisotopic (exact) mass is 379 g/mol. The van der Waals surface area contributed by atoms with Gasteiger partial charge >= 0.3 is 0 Å². The predicted molar refractivity (Wildman–Crippen MR) is 99.8 cm³/mol. The molecule has 1 saturated carbocycles. The minimum atomic E-state index is 0. The van der Waals surface area contributed by atoms with E-state index in [9.17, 15) is 4.79 Å². The highest BCUT2D eigenvalue weighted by molar-refractivity contribution is 7.11. The number of nitrogens with one attached hydrogen (secondary N) is 2. The minimum Gasteiger partial charge on any atom is -0.347 e. The lowest BCUT2D eigenvalue weighted by molar-refractivity contribution is -0.122. The van der Waals surface area contributed by atoms with Crippen LogP contribution in [0.25, 0.3) is 0 Å². The summed E-state index contributed by atoms with van der Waals surface area (Å²) in [5.74, 6) is 1.54. The molecule has 1 amide bonds. The maximum Gasteiger partial charge on any atom is 0.220 e. The first kappa shape index (κ1) is 20.7. The summed E-state index contributed by atoms with van der Waals surface area (Å²) in [6.45, 7) is 4.29. The van der Waals surface area contributed by atoms with Crippen LogP contribution in [-0.4, -0.2) is 24.0 Å². The maximum absolute atomic E-state index is 12.3. The zero-order valence-corrected chi connectivity index (χ0v) is 16.0. The number of nitrogens with zero attached hydrogens (tertiary/aromatic N) is 1. The molecule has 1 unspecified atom stereocenters. The Morgan fingerprint density at radius 1 is 1.35 bits per heavy atom. The molecule has 0 spiro atoms. The lowest BCUT2D eigenvalue weighted by Crippen LogP contribution is -2.31. The van der Waals surface area contributed by atoms with Gasteiger partial charge in [0.1, 0.15) is 5.01 Å². The third kappa shape index (κ3) is 6.22. The molecule has 1 aliphatic carbocycles. The number of aryl methyl sites for hydroxylation is 1. The summed E-state index contributed by atoms with van der Waals surface area (Å²) in [7, 11) is 0. The molecule has 4 nitrogen and oxygen atoms in total. The van der Waals surface area contributed by atoms with Gasteiger partial charge in [-0.1, -0.05) is 0 Å². The highest BCUT2D eigenvalue weighted by Crippen LogP contribution is 2.42. The first-order valence-electron chi connectivity index (χ1n) is 8.15. The molecule has 0 bridgehead atoms. The molecule has 7 heteroatoms. The number of amides is 1. The van der Waals surface area contributed by atoms with Crippen LogP contribution in [0.1, 0.15) is 54.5 Å². The molecule has 0 radical (unpaired) electrons. The summed E-state index contributed by atoms with van der Waals surface area (Å²) in [6.07, 6.45) is 8.47. The van der Waals surface area contributed by atoms with Crippen molar-refractivity contribution in [2.75, 3.05) is 13.1 Å². The van der Waals surface area contributed by atoms with Crippen molar-refractivity contribution in [3.8, 4) is 0 Å². The van der Waals surface area contributed by atoms with Crippen LogP contribution in [-0.2, 0) is 4.79 Å². The van der Waals surface area contributed by atoms with E-state index in [0.717, 1.165) is 30.4 Å². The van der Waals surface area contributed by atoms with Crippen molar-refractivity contribution < 1.29 is 4.79 Å². The van der Waals surface area contributed by atoms with E-state index < -0.39 is 0 Å². The molecule has 2 aliphatic rings. The Morgan fingerprint density at radius 2 is 2.04 bits per heavy atom. The van der Waals surface area contributed by atoms with E-state index in [4.69, 9.17) is 0 Å². The number of halogens is 2. The zero-order valence-electron chi connectivity index (χ0n) is 13.5. The van der Waals surface area contributed by atoms with Crippen LogP contribution < -0.4 is 10.6 Å². The van der Waals surface area contributed by atoms with Crippen LogP contribution in [0, 0.1) is 18.8 Å². The van der Waals surface area contributed by atoms with Crippen molar-refractivity contribution >= 4 is 42.1 Å². The molecule has 1 aliphatic heterocycles. The molecule has 1 saturated heterocycles. The smallest absolute Gasteiger partial charge is 0.220 e. The van der Waals surface area contributed by atoms with E-state index in [-0.39, 0.29) is 36.8 Å². The van der Waals surface area contributed by atoms with Gasteiger partial charge in [0.05, 0.1) is 6.04 Å². The SMILES string of the molecule is Cc1cnc(C(NC(=O)CCC2CCNCC2)C2CC2)s1.Cl.Cl. The molecular formula is C16H27Cl2N3OS. The van der Waals surface area contributed by atoms with Gasteiger partial charge in [-0.2, -0.15) is 0 Å². The van der Waals surface area contributed by atoms with Gasteiger partial charge in [0.15, 0.2) is 0 Å². The molecule has 1 atom stereocenters. The molecule has 0 aromatic carbocycles. The molecule has 2 heterocycles. The first-order valence-corrected chi connectivity index (χ1v) is 8.96. The van der Waals surface area contributed by atoms with Gasteiger partial charge in [-0.25, -0.2) is 4.98 Å². The standard InChI is InChI=1S/C16H25N3OS.2ClH/c1-11-10-18-16(21-11)15(13-3-4-13)19-14(20)5-2-12-6-8-17-9-7-12;;/h10,12-13,15,17H,2-9H2,1H3,(H,19,20);2*1H. The summed E-state index contributed by atoms with van der Waals surface area (Å²) in [4.78, 5) is 18.0. The fourth-order valence-electron chi connectivity index (χ4n) is 3.08. The molecule has 1 aromatic rings. The van der Waals surface area contributed by atoms with Crippen LogP contribution >= 0.6 is 36.2 Å². The van der Waals surface area contributed by atoms with Crippen LogP contribution in [0.15, 0.2) is 6.20 Å². The fourth-order valence-corrected chi connectivity index (χ4v) is 4.00. The lowest BCUT2D eigenvalue weighted by atomic mass is 9.93. The minimum absolute atomic E-state index is 0. The molecule has 2 N–H and O–H groups in total. The van der Waals surface area contributed by atoms with Crippen molar-refractivity contribution in [1.82, 2.24) is 15.6 Å². The number of rotatable bonds is 6. The zero-order chi connectivity index (χ0) is 14.7. The number of hydrogen-bond acceptors (Lipinski definition) is 4. The van der Waals surface area contributed by atoms with Gasteiger partial charge in [0.25, 0.3) is 0 Å². The normalized spacial score (nSPS) is 19.3. The van der Waals surface area contributed by atoms with Crippen LogP contribution in [0.2, 0.25) is 0 Å². The molecular weight excluding hydrogens is 353 g/mol. The van der Waals surface area contributed by atoms with Gasteiger partial charge in [0, 0.05) is 17.5 Å². The second-order valence-corrected chi connectivity index (χ2v) is 7.69. The van der Waals surface area contributed by atoms with Crippen LogP contribution in [0.4, 0.5) is 0 Å². The lowest BCUT2D eigenvalue weighted by Gasteiger charge is -2.22. The summed E-state index contributed by atoms with van der Waals surface area (Å²) >= 11 is 1.72. The van der Waals surface area contributed by atoms with Gasteiger partial charge in [0.2, 0.25) is 5.91 Å². The van der Waals surface area contributed by atoms with Gasteiger partial charge in [-0.15, -0.1) is 36.2 Å². The van der Waals surface area contributed by atoms with Crippen LogP contribution in [0.5, 0.6) is 0 Å². The van der Waals surface area contributed by atoms with Crippen molar-refractivity contribution in [2.45, 2.75) is 51.5 Å². The van der Waals surface area contributed by atoms with E-state index in [0.29, 0.717) is 12.3 Å². The Hall–Kier alpha value is -0.360. The Balaban J connectivity index is 0.00000132. The van der Waals surface area contributed by atoms with E-state index in [1.165, 1.54) is 30.6 Å². The number of piperidine rings is 1. The topological polar surface area (TPSA) is 54.0 Å². The highest BCUT2D eigenvalue weighted by atomic mass is 35.5. The third-order valence-electron chi connectivity index (χ3n) is 4.55. The van der Waals surface area contributed by atoms with Crippen LogP contribution in [0.3, 0.4) is 0 Å². The quantitative estimate of drug-likeness (QED) is 0.792. The average Bonchev–Trinajstić information content (AvgIpc) is 3.25. The van der Waals surface area contributed by atoms with E-state index >= 15 is 0 Å². The fraction of sp³-hybridized carbons (Fsp3) is 0.750. The molecule has 132 valence electrons. The summed E-state index contributed by atoms with van der Waals surface area (Å²) in [5.41, 5.74) is 0. The maximum atomic E-state index is 12.3. The number of thiazole rings is 1. The highest BCUT2D eigenvalue weighted by Gasteiger charge is 2.35. The van der Waals surface area contributed by atoms with Gasteiger partial charge < -0.3 is 10.6 Å². The Bertz CT molecular complexity index is 487. The van der Waals surface area contributed by atoms with E-state index in [1.54, 1.807) is 11.3 Å². The number of hydrogen-bond donors (Lipinski definition) is 2. The third-order valence-corrected chi connectivity index (χ3v) is 5.55. The summed E-state index contributed by atoms with van der Waals surface area (Å²) < 4.78 is 0.